The fourth-order valence-corrected chi connectivity index (χ4v) is 3.27. The quantitative estimate of drug-likeness (QED) is 0.852. The Morgan fingerprint density at radius 3 is 2.39 bits per heavy atom. The Balaban J connectivity index is 2.13. The van der Waals surface area contributed by atoms with Crippen molar-refractivity contribution in [3.05, 3.63) is 29.8 Å². The number of hydrogen-bond acceptors (Lipinski definition) is 3. The van der Waals surface area contributed by atoms with Crippen molar-refractivity contribution in [2.24, 2.45) is 0 Å². The molecule has 1 fully saturated rings. The lowest BCUT2D eigenvalue weighted by molar-refractivity contribution is 0.464. The normalized spacial score (nSPS) is 16.2. The van der Waals surface area contributed by atoms with Crippen molar-refractivity contribution in [2.45, 2.75) is 37.2 Å². The molecule has 0 atom stereocenters. The molecule has 0 aliphatic heterocycles. The van der Waals surface area contributed by atoms with Crippen molar-refractivity contribution in [1.29, 1.82) is 0 Å². The van der Waals surface area contributed by atoms with Gasteiger partial charge in [-0.15, -0.1) is 0 Å². The van der Waals surface area contributed by atoms with Crippen LogP contribution in [-0.4, -0.2) is 32.4 Å². The van der Waals surface area contributed by atoms with E-state index in [2.05, 4.69) is 5.32 Å². The fraction of sp³-hybridized carbons (Fsp3) is 0.538. The van der Waals surface area contributed by atoms with Gasteiger partial charge in [-0.05, 0) is 37.1 Å². The van der Waals surface area contributed by atoms with Crippen molar-refractivity contribution in [3.63, 3.8) is 0 Å². The lowest BCUT2D eigenvalue weighted by atomic mass is 10.2. The van der Waals surface area contributed by atoms with E-state index in [0.717, 1.165) is 31.5 Å². The van der Waals surface area contributed by atoms with Crippen molar-refractivity contribution >= 4 is 10.0 Å². The Labute approximate surface area is 109 Å². The molecule has 1 aliphatic carbocycles. The molecule has 1 aliphatic rings. The molecule has 0 aromatic heterocycles. The van der Waals surface area contributed by atoms with Crippen LogP contribution < -0.4 is 5.32 Å². The van der Waals surface area contributed by atoms with Crippen LogP contribution >= 0.6 is 0 Å². The summed E-state index contributed by atoms with van der Waals surface area (Å²) in [5.74, 6) is 0. The summed E-state index contributed by atoms with van der Waals surface area (Å²) in [6.45, 7) is 3.73. The molecule has 4 nitrogen and oxygen atoms in total. The van der Waals surface area contributed by atoms with Gasteiger partial charge >= 0.3 is 0 Å². The average Bonchev–Trinajstić information content (AvgIpc) is 3.20. The lowest BCUT2D eigenvalue weighted by Crippen LogP contribution is -2.28. The predicted molar refractivity (Wildman–Crippen MR) is 71.8 cm³/mol. The zero-order chi connectivity index (χ0) is 13.2. The molecule has 0 saturated heterocycles. The zero-order valence-corrected chi connectivity index (χ0v) is 11.7. The van der Waals surface area contributed by atoms with Crippen LogP contribution in [0.5, 0.6) is 0 Å². The third-order valence-electron chi connectivity index (χ3n) is 3.24. The van der Waals surface area contributed by atoms with Crippen molar-refractivity contribution < 1.29 is 8.42 Å². The second kappa shape index (κ2) is 5.38. The van der Waals surface area contributed by atoms with E-state index >= 15 is 0 Å². The summed E-state index contributed by atoms with van der Waals surface area (Å²) >= 11 is 0. The summed E-state index contributed by atoms with van der Waals surface area (Å²) in [5, 5.41) is 3.21. The molecule has 0 spiro atoms. The standard InChI is InChI=1S/C13H20N2O2S/c1-3-14-10-11-4-8-13(9-5-11)18(16,17)15(2)12-6-7-12/h4-5,8-9,12,14H,3,6-7,10H2,1-2H3. The van der Waals surface area contributed by atoms with Gasteiger partial charge < -0.3 is 5.32 Å². The summed E-state index contributed by atoms with van der Waals surface area (Å²) in [6, 6.07) is 7.34. The van der Waals surface area contributed by atoms with Crippen molar-refractivity contribution in [3.8, 4) is 0 Å². The average molecular weight is 268 g/mol. The number of benzene rings is 1. The third kappa shape index (κ3) is 2.91. The Morgan fingerprint density at radius 2 is 1.89 bits per heavy atom. The van der Waals surface area contributed by atoms with Crippen LogP contribution in [0.25, 0.3) is 0 Å². The van der Waals surface area contributed by atoms with Crippen LogP contribution in [0.15, 0.2) is 29.2 Å². The topological polar surface area (TPSA) is 49.4 Å². The highest BCUT2D eigenvalue weighted by Crippen LogP contribution is 2.30. The molecule has 0 heterocycles. The maximum Gasteiger partial charge on any atom is 0.243 e. The minimum Gasteiger partial charge on any atom is -0.313 e. The number of sulfonamides is 1. The minimum absolute atomic E-state index is 0.205. The zero-order valence-electron chi connectivity index (χ0n) is 10.9. The summed E-state index contributed by atoms with van der Waals surface area (Å²) in [7, 11) is -1.63. The summed E-state index contributed by atoms with van der Waals surface area (Å²) in [5.41, 5.74) is 1.10. The Bertz CT molecular complexity index is 492. The van der Waals surface area contributed by atoms with Gasteiger partial charge in [0, 0.05) is 19.6 Å². The predicted octanol–water partition coefficient (Wildman–Crippen LogP) is 1.58. The third-order valence-corrected chi connectivity index (χ3v) is 5.16. The van der Waals surface area contributed by atoms with Gasteiger partial charge in [-0.3, -0.25) is 0 Å². The summed E-state index contributed by atoms with van der Waals surface area (Å²) < 4.78 is 26.0. The van der Waals surface area contributed by atoms with Gasteiger partial charge in [-0.25, -0.2) is 8.42 Å². The molecule has 1 N–H and O–H groups in total. The Hall–Kier alpha value is -0.910. The van der Waals surface area contributed by atoms with E-state index in [4.69, 9.17) is 0 Å². The van der Waals surface area contributed by atoms with Gasteiger partial charge in [0.15, 0.2) is 0 Å². The molecule has 100 valence electrons. The van der Waals surface area contributed by atoms with E-state index in [9.17, 15) is 8.42 Å². The van der Waals surface area contributed by atoms with Gasteiger partial charge in [-0.1, -0.05) is 19.1 Å². The van der Waals surface area contributed by atoms with E-state index in [-0.39, 0.29) is 6.04 Å². The molecule has 1 aromatic rings. The van der Waals surface area contributed by atoms with Gasteiger partial charge in [0.25, 0.3) is 0 Å². The second-order valence-electron chi connectivity index (χ2n) is 4.68. The lowest BCUT2D eigenvalue weighted by Gasteiger charge is -2.16. The summed E-state index contributed by atoms with van der Waals surface area (Å²) in [4.78, 5) is 0.386. The maximum absolute atomic E-state index is 12.2. The number of nitrogens with one attached hydrogen (secondary N) is 1. The fourth-order valence-electron chi connectivity index (χ4n) is 1.85. The molecule has 0 bridgehead atoms. The minimum atomic E-state index is -3.30. The van der Waals surface area contributed by atoms with E-state index in [1.165, 1.54) is 4.31 Å². The molecule has 18 heavy (non-hydrogen) atoms. The van der Waals surface area contributed by atoms with E-state index in [1.54, 1.807) is 19.2 Å². The molecule has 0 radical (unpaired) electrons. The van der Waals surface area contributed by atoms with Gasteiger partial charge in [0.05, 0.1) is 4.90 Å². The highest BCUT2D eigenvalue weighted by molar-refractivity contribution is 7.89. The first-order chi connectivity index (χ1) is 8.55. The molecule has 0 amide bonds. The van der Waals surface area contributed by atoms with Crippen LogP contribution in [0.2, 0.25) is 0 Å². The van der Waals surface area contributed by atoms with Crippen LogP contribution in [0.3, 0.4) is 0 Å². The van der Waals surface area contributed by atoms with Crippen molar-refractivity contribution in [2.75, 3.05) is 13.6 Å². The highest BCUT2D eigenvalue weighted by atomic mass is 32.2. The second-order valence-corrected chi connectivity index (χ2v) is 6.67. The van der Waals surface area contributed by atoms with Crippen LogP contribution in [0.4, 0.5) is 0 Å². The van der Waals surface area contributed by atoms with Crippen LogP contribution in [0.1, 0.15) is 25.3 Å². The largest absolute Gasteiger partial charge is 0.313 e. The van der Waals surface area contributed by atoms with E-state index in [1.807, 2.05) is 19.1 Å². The number of hydrogen-bond donors (Lipinski definition) is 1. The first kappa shape index (κ1) is 13.5. The number of nitrogens with zero attached hydrogens (tertiary/aromatic N) is 1. The monoisotopic (exact) mass is 268 g/mol. The van der Waals surface area contributed by atoms with E-state index in [0.29, 0.717) is 4.90 Å². The van der Waals surface area contributed by atoms with E-state index < -0.39 is 10.0 Å². The van der Waals surface area contributed by atoms with Gasteiger partial charge in [0.1, 0.15) is 0 Å². The molecule has 1 saturated carbocycles. The number of rotatable bonds is 6. The Morgan fingerprint density at radius 1 is 1.28 bits per heavy atom. The maximum atomic E-state index is 12.2. The van der Waals surface area contributed by atoms with Crippen LogP contribution in [-0.2, 0) is 16.6 Å². The molecular formula is C13H20N2O2S. The summed E-state index contributed by atoms with van der Waals surface area (Å²) in [6.07, 6.45) is 1.96. The molecular weight excluding hydrogens is 248 g/mol. The first-order valence-electron chi connectivity index (χ1n) is 6.33. The van der Waals surface area contributed by atoms with Gasteiger partial charge in [0.2, 0.25) is 10.0 Å². The van der Waals surface area contributed by atoms with Crippen molar-refractivity contribution in [1.82, 2.24) is 9.62 Å². The molecule has 1 aromatic carbocycles. The smallest absolute Gasteiger partial charge is 0.243 e. The van der Waals surface area contributed by atoms with Gasteiger partial charge in [-0.2, -0.15) is 4.31 Å². The SMILES string of the molecule is CCNCc1ccc(S(=O)(=O)N(C)C2CC2)cc1. The highest BCUT2D eigenvalue weighted by Gasteiger charge is 2.34. The first-order valence-corrected chi connectivity index (χ1v) is 7.77. The molecule has 0 unspecified atom stereocenters. The Kier molecular flexibility index (Phi) is 4.04. The van der Waals surface area contributed by atoms with Crippen LogP contribution in [0, 0.1) is 0 Å². The molecule has 2 rings (SSSR count). The molecule has 5 heteroatoms.